The Balaban J connectivity index is 2.77. The zero-order valence-corrected chi connectivity index (χ0v) is 9.64. The molecule has 1 rings (SSSR count). The molecule has 0 saturated carbocycles. The van der Waals surface area contributed by atoms with Crippen LogP contribution in [0.1, 0.15) is 31.9 Å². The van der Waals surface area contributed by atoms with Gasteiger partial charge in [0.25, 0.3) is 0 Å². The maximum Gasteiger partial charge on any atom is 0.219 e. The highest BCUT2D eigenvalue weighted by Gasteiger charge is 2.10. The summed E-state index contributed by atoms with van der Waals surface area (Å²) in [5.41, 5.74) is 11.8. The van der Waals surface area contributed by atoms with Crippen molar-refractivity contribution < 1.29 is 9.53 Å². The van der Waals surface area contributed by atoms with E-state index in [1.165, 1.54) is 0 Å². The van der Waals surface area contributed by atoms with Gasteiger partial charge in [-0.05, 0) is 31.5 Å². The van der Waals surface area contributed by atoms with Crippen LogP contribution >= 0.6 is 0 Å². The first-order valence-electron chi connectivity index (χ1n) is 5.29. The highest BCUT2D eigenvalue weighted by molar-refractivity contribution is 5.74. The number of nitrogens with two attached hydrogens (primary N) is 2. The van der Waals surface area contributed by atoms with Crippen molar-refractivity contribution in [2.75, 3.05) is 0 Å². The minimum atomic E-state index is -0.400. The number of carbonyl (C=O) groups is 1. The third-order valence-electron chi connectivity index (χ3n) is 2.08. The molecule has 0 aliphatic carbocycles. The minimum Gasteiger partial charge on any atom is -0.491 e. The van der Waals surface area contributed by atoms with E-state index in [0.29, 0.717) is 0 Å². The summed E-state index contributed by atoms with van der Waals surface area (Å²) in [7, 11) is 0. The summed E-state index contributed by atoms with van der Waals surface area (Å²) in [5, 5.41) is 0. The van der Waals surface area contributed by atoms with Gasteiger partial charge in [0.2, 0.25) is 5.91 Å². The average Bonchev–Trinajstić information content (AvgIpc) is 2.16. The molecule has 0 aliphatic rings. The molecule has 0 unspecified atom stereocenters. The largest absolute Gasteiger partial charge is 0.491 e. The third-order valence-corrected chi connectivity index (χ3v) is 2.08. The van der Waals surface area contributed by atoms with Gasteiger partial charge in [0.1, 0.15) is 5.75 Å². The van der Waals surface area contributed by atoms with Gasteiger partial charge in [-0.1, -0.05) is 12.1 Å². The lowest BCUT2D eigenvalue weighted by molar-refractivity contribution is -0.118. The standard InChI is InChI=1S/C12H18N2O2/c1-8(2)16-10-5-3-4-9(6-10)11(13)7-12(14)15/h3-6,8,11H,7,13H2,1-2H3,(H2,14,15)/t11-/m1/s1. The molecule has 0 bridgehead atoms. The molecule has 4 N–H and O–H groups in total. The molecule has 4 heteroatoms. The maximum absolute atomic E-state index is 10.8. The summed E-state index contributed by atoms with van der Waals surface area (Å²) in [6.45, 7) is 3.91. The molecule has 16 heavy (non-hydrogen) atoms. The summed E-state index contributed by atoms with van der Waals surface area (Å²) in [6.07, 6.45) is 0.258. The first kappa shape index (κ1) is 12.5. The van der Waals surface area contributed by atoms with E-state index in [0.717, 1.165) is 11.3 Å². The molecule has 0 heterocycles. The molecule has 88 valence electrons. The summed E-state index contributed by atoms with van der Waals surface area (Å²) < 4.78 is 5.54. The van der Waals surface area contributed by atoms with Crippen LogP contribution in [-0.4, -0.2) is 12.0 Å². The van der Waals surface area contributed by atoms with Crippen molar-refractivity contribution in [3.8, 4) is 5.75 Å². The molecule has 0 spiro atoms. The van der Waals surface area contributed by atoms with Crippen LogP contribution in [0.2, 0.25) is 0 Å². The summed E-state index contributed by atoms with van der Waals surface area (Å²) in [5.74, 6) is 0.357. The SMILES string of the molecule is CC(C)Oc1cccc([C@H](N)CC(N)=O)c1. The molecule has 0 saturated heterocycles. The van der Waals surface area contributed by atoms with Crippen LogP contribution in [0.25, 0.3) is 0 Å². The van der Waals surface area contributed by atoms with E-state index in [2.05, 4.69) is 0 Å². The van der Waals surface area contributed by atoms with E-state index >= 15 is 0 Å². The predicted octanol–water partition coefficient (Wildman–Crippen LogP) is 1.35. The fourth-order valence-electron chi connectivity index (χ4n) is 1.43. The lowest BCUT2D eigenvalue weighted by Crippen LogP contribution is -2.20. The Kier molecular flexibility index (Phi) is 4.31. The van der Waals surface area contributed by atoms with Crippen molar-refractivity contribution in [3.63, 3.8) is 0 Å². The molecule has 1 aromatic carbocycles. The predicted molar refractivity (Wildman–Crippen MR) is 62.9 cm³/mol. The Morgan fingerprint density at radius 3 is 2.69 bits per heavy atom. The van der Waals surface area contributed by atoms with Crippen molar-refractivity contribution in [1.82, 2.24) is 0 Å². The number of ether oxygens (including phenoxy) is 1. The van der Waals surface area contributed by atoms with Gasteiger partial charge < -0.3 is 16.2 Å². The van der Waals surface area contributed by atoms with Crippen molar-refractivity contribution in [1.29, 1.82) is 0 Å². The van der Waals surface area contributed by atoms with Gasteiger partial charge in [-0.3, -0.25) is 4.79 Å². The molecule has 0 aliphatic heterocycles. The summed E-state index contributed by atoms with van der Waals surface area (Å²) in [4.78, 5) is 10.8. The van der Waals surface area contributed by atoms with Gasteiger partial charge in [-0.2, -0.15) is 0 Å². The van der Waals surface area contributed by atoms with E-state index in [-0.39, 0.29) is 18.6 Å². The van der Waals surface area contributed by atoms with Crippen LogP contribution < -0.4 is 16.2 Å². The second-order valence-corrected chi connectivity index (χ2v) is 4.02. The second-order valence-electron chi connectivity index (χ2n) is 4.02. The summed E-state index contributed by atoms with van der Waals surface area (Å²) in [6, 6.07) is 7.05. The van der Waals surface area contributed by atoms with Crippen LogP contribution in [0, 0.1) is 0 Å². The third kappa shape index (κ3) is 3.90. The highest BCUT2D eigenvalue weighted by atomic mass is 16.5. The van der Waals surface area contributed by atoms with Crippen molar-refractivity contribution in [3.05, 3.63) is 29.8 Å². The van der Waals surface area contributed by atoms with Crippen LogP contribution in [0.5, 0.6) is 5.75 Å². The zero-order valence-electron chi connectivity index (χ0n) is 9.64. The number of rotatable bonds is 5. The monoisotopic (exact) mass is 222 g/mol. The van der Waals surface area contributed by atoms with Gasteiger partial charge in [0.15, 0.2) is 0 Å². The minimum absolute atomic E-state index is 0.114. The first-order chi connectivity index (χ1) is 7.49. The van der Waals surface area contributed by atoms with Gasteiger partial charge >= 0.3 is 0 Å². The highest BCUT2D eigenvalue weighted by Crippen LogP contribution is 2.20. The van der Waals surface area contributed by atoms with Gasteiger partial charge in [0.05, 0.1) is 6.10 Å². The van der Waals surface area contributed by atoms with E-state index < -0.39 is 5.91 Å². The van der Waals surface area contributed by atoms with E-state index in [1.807, 2.05) is 38.1 Å². The zero-order chi connectivity index (χ0) is 12.1. The topological polar surface area (TPSA) is 78.3 Å². The maximum atomic E-state index is 10.8. The van der Waals surface area contributed by atoms with Gasteiger partial charge in [-0.25, -0.2) is 0 Å². The molecular formula is C12H18N2O2. The van der Waals surface area contributed by atoms with Gasteiger partial charge in [0, 0.05) is 12.5 Å². The summed E-state index contributed by atoms with van der Waals surface area (Å²) >= 11 is 0. The molecule has 0 fully saturated rings. The molecule has 4 nitrogen and oxygen atoms in total. The number of amides is 1. The molecule has 1 aromatic rings. The quantitative estimate of drug-likeness (QED) is 0.789. The van der Waals surface area contributed by atoms with Gasteiger partial charge in [-0.15, -0.1) is 0 Å². The van der Waals surface area contributed by atoms with Crippen molar-refractivity contribution in [2.24, 2.45) is 11.5 Å². The Morgan fingerprint density at radius 1 is 1.44 bits per heavy atom. The van der Waals surface area contributed by atoms with Crippen molar-refractivity contribution >= 4 is 5.91 Å². The van der Waals surface area contributed by atoms with E-state index in [4.69, 9.17) is 16.2 Å². The van der Waals surface area contributed by atoms with Crippen LogP contribution in [-0.2, 0) is 4.79 Å². The molecule has 0 radical (unpaired) electrons. The first-order valence-corrected chi connectivity index (χ1v) is 5.29. The van der Waals surface area contributed by atoms with E-state index in [1.54, 1.807) is 0 Å². The molecule has 1 amide bonds. The Morgan fingerprint density at radius 2 is 2.12 bits per heavy atom. The Bertz CT molecular complexity index is 364. The molecule has 1 atom stereocenters. The lowest BCUT2D eigenvalue weighted by atomic mass is 10.0. The molecule has 0 aromatic heterocycles. The number of primary amides is 1. The van der Waals surface area contributed by atoms with Crippen LogP contribution in [0.3, 0.4) is 0 Å². The average molecular weight is 222 g/mol. The molecular weight excluding hydrogens is 204 g/mol. The lowest BCUT2D eigenvalue weighted by Gasteiger charge is -2.14. The number of benzene rings is 1. The fourth-order valence-corrected chi connectivity index (χ4v) is 1.43. The van der Waals surface area contributed by atoms with E-state index in [9.17, 15) is 4.79 Å². The second kappa shape index (κ2) is 5.51. The van der Waals surface area contributed by atoms with Crippen LogP contribution in [0.4, 0.5) is 0 Å². The Labute approximate surface area is 95.6 Å². The van der Waals surface area contributed by atoms with Crippen LogP contribution in [0.15, 0.2) is 24.3 Å². The normalized spacial score (nSPS) is 12.5. The number of hydrogen-bond acceptors (Lipinski definition) is 3. The Hall–Kier alpha value is -1.55. The smallest absolute Gasteiger partial charge is 0.219 e. The fraction of sp³-hybridized carbons (Fsp3) is 0.417. The van der Waals surface area contributed by atoms with Crippen molar-refractivity contribution in [2.45, 2.75) is 32.4 Å². The number of carbonyl (C=O) groups excluding carboxylic acids is 1. The number of hydrogen-bond donors (Lipinski definition) is 2.